The number of benzene rings is 2. The molecular formula is C17H16N2O4S. The number of carbonyl (C=O) groups excluding carboxylic acids is 2. The number of hydrogen-bond donors (Lipinski definition) is 1. The van der Waals surface area contributed by atoms with Crippen LogP contribution in [0.3, 0.4) is 0 Å². The van der Waals surface area contributed by atoms with Gasteiger partial charge in [-0.1, -0.05) is 12.1 Å². The summed E-state index contributed by atoms with van der Waals surface area (Å²) < 4.78 is 25.6. The van der Waals surface area contributed by atoms with Gasteiger partial charge < -0.3 is 5.32 Å². The maximum atomic E-state index is 12.4. The van der Waals surface area contributed by atoms with E-state index in [4.69, 9.17) is 0 Å². The van der Waals surface area contributed by atoms with E-state index >= 15 is 0 Å². The van der Waals surface area contributed by atoms with Crippen molar-refractivity contribution in [1.82, 2.24) is 4.31 Å². The summed E-state index contributed by atoms with van der Waals surface area (Å²) in [6.45, 7) is 3.55. The highest BCUT2D eigenvalue weighted by Gasteiger charge is 2.40. The summed E-state index contributed by atoms with van der Waals surface area (Å²) in [5.74, 6) is -0.987. The van der Waals surface area contributed by atoms with Crippen LogP contribution >= 0.6 is 0 Å². The summed E-state index contributed by atoms with van der Waals surface area (Å²) in [5.41, 5.74) is 1.90. The monoisotopic (exact) mass is 344 g/mol. The molecule has 0 spiro atoms. The Morgan fingerprint density at radius 1 is 1.17 bits per heavy atom. The fourth-order valence-corrected chi connectivity index (χ4v) is 4.26. The lowest BCUT2D eigenvalue weighted by Gasteiger charge is -2.11. The smallest absolute Gasteiger partial charge is 0.268 e. The number of amides is 2. The van der Waals surface area contributed by atoms with Crippen LogP contribution in [0.4, 0.5) is 5.69 Å². The number of sulfonamides is 1. The van der Waals surface area contributed by atoms with Gasteiger partial charge in [0.2, 0.25) is 0 Å². The first-order chi connectivity index (χ1) is 11.3. The lowest BCUT2D eigenvalue weighted by Crippen LogP contribution is -2.29. The molecule has 0 unspecified atom stereocenters. The first kappa shape index (κ1) is 16.2. The second kappa shape index (κ2) is 5.76. The molecule has 0 saturated carbocycles. The van der Waals surface area contributed by atoms with Crippen LogP contribution in [0.25, 0.3) is 0 Å². The average molecular weight is 344 g/mol. The van der Waals surface area contributed by atoms with Crippen molar-refractivity contribution in [3.63, 3.8) is 0 Å². The van der Waals surface area contributed by atoms with Crippen molar-refractivity contribution in [2.24, 2.45) is 0 Å². The van der Waals surface area contributed by atoms with Gasteiger partial charge in [-0.25, -0.2) is 12.7 Å². The van der Waals surface area contributed by atoms with E-state index in [0.29, 0.717) is 5.69 Å². The molecule has 2 aromatic rings. The number of fused-ring (bicyclic) bond motifs is 1. The van der Waals surface area contributed by atoms with Crippen molar-refractivity contribution < 1.29 is 18.0 Å². The zero-order valence-corrected chi connectivity index (χ0v) is 14.1. The van der Waals surface area contributed by atoms with Crippen LogP contribution in [-0.2, 0) is 10.0 Å². The molecule has 3 rings (SSSR count). The largest absolute Gasteiger partial charge is 0.322 e. The molecule has 0 radical (unpaired) electrons. The Balaban J connectivity index is 1.95. The SMILES string of the molecule is CCN1C(=O)c2ccc(C(=O)Nc3cccc(C)c3)cc2S1(=O)=O. The highest BCUT2D eigenvalue weighted by molar-refractivity contribution is 7.90. The van der Waals surface area contributed by atoms with E-state index in [1.165, 1.54) is 18.2 Å². The van der Waals surface area contributed by atoms with E-state index in [9.17, 15) is 18.0 Å². The van der Waals surface area contributed by atoms with Crippen LogP contribution in [0.2, 0.25) is 0 Å². The maximum Gasteiger partial charge on any atom is 0.268 e. The summed E-state index contributed by atoms with van der Waals surface area (Å²) in [5, 5.41) is 2.72. The molecule has 1 aliphatic rings. The summed E-state index contributed by atoms with van der Waals surface area (Å²) in [6, 6.07) is 11.4. The first-order valence-corrected chi connectivity index (χ1v) is 8.87. The van der Waals surface area contributed by atoms with Crippen LogP contribution in [0.1, 0.15) is 33.2 Å². The van der Waals surface area contributed by atoms with E-state index in [0.717, 1.165) is 9.87 Å². The zero-order valence-electron chi connectivity index (χ0n) is 13.2. The Kier molecular flexibility index (Phi) is 3.88. The highest BCUT2D eigenvalue weighted by Crippen LogP contribution is 2.30. The molecule has 0 bridgehead atoms. The van der Waals surface area contributed by atoms with Crippen molar-refractivity contribution in [3.05, 3.63) is 59.2 Å². The predicted molar refractivity (Wildman–Crippen MR) is 89.5 cm³/mol. The third-order valence-electron chi connectivity index (χ3n) is 3.83. The van der Waals surface area contributed by atoms with Crippen molar-refractivity contribution in [2.45, 2.75) is 18.7 Å². The maximum absolute atomic E-state index is 12.4. The van der Waals surface area contributed by atoms with E-state index in [1.807, 2.05) is 25.1 Å². The van der Waals surface area contributed by atoms with Crippen LogP contribution in [-0.4, -0.2) is 31.1 Å². The Bertz CT molecular complexity index is 951. The molecule has 0 saturated heterocycles. The van der Waals surface area contributed by atoms with Crippen LogP contribution in [0, 0.1) is 6.92 Å². The molecule has 0 aromatic heterocycles. The van der Waals surface area contributed by atoms with Gasteiger partial charge in [0.1, 0.15) is 4.90 Å². The standard InChI is InChI=1S/C17H16N2O4S/c1-3-19-17(21)14-8-7-12(10-15(14)24(19,22)23)16(20)18-13-6-4-5-11(2)9-13/h4-10H,3H2,1-2H3,(H,18,20). The van der Waals surface area contributed by atoms with E-state index in [1.54, 1.807) is 13.0 Å². The van der Waals surface area contributed by atoms with E-state index in [2.05, 4.69) is 5.32 Å². The van der Waals surface area contributed by atoms with Gasteiger partial charge in [-0.3, -0.25) is 9.59 Å². The minimum Gasteiger partial charge on any atom is -0.322 e. The third-order valence-corrected chi connectivity index (χ3v) is 5.73. The number of aryl methyl sites for hydroxylation is 1. The van der Waals surface area contributed by atoms with Gasteiger partial charge in [-0.2, -0.15) is 0 Å². The summed E-state index contributed by atoms with van der Waals surface area (Å²) in [6.07, 6.45) is 0. The van der Waals surface area contributed by atoms with Gasteiger partial charge >= 0.3 is 0 Å². The number of anilines is 1. The first-order valence-electron chi connectivity index (χ1n) is 7.43. The molecule has 1 N–H and O–H groups in total. The molecule has 0 fully saturated rings. The minimum atomic E-state index is -3.88. The van der Waals surface area contributed by atoms with Crippen molar-refractivity contribution in [2.75, 3.05) is 11.9 Å². The lowest BCUT2D eigenvalue weighted by molar-refractivity contribution is 0.0875. The Labute approximate surface area is 140 Å². The van der Waals surface area contributed by atoms with Gasteiger partial charge in [0.15, 0.2) is 0 Å². The Morgan fingerprint density at radius 2 is 1.92 bits per heavy atom. The van der Waals surface area contributed by atoms with Crippen molar-refractivity contribution in [1.29, 1.82) is 0 Å². The van der Waals surface area contributed by atoms with Crippen LogP contribution in [0.15, 0.2) is 47.4 Å². The zero-order chi connectivity index (χ0) is 17.5. The number of nitrogens with one attached hydrogen (secondary N) is 1. The molecule has 0 atom stereocenters. The number of rotatable bonds is 3. The molecule has 1 aliphatic heterocycles. The van der Waals surface area contributed by atoms with E-state index in [-0.39, 0.29) is 22.6 Å². The molecule has 24 heavy (non-hydrogen) atoms. The second-order valence-electron chi connectivity index (χ2n) is 5.51. The number of hydrogen-bond acceptors (Lipinski definition) is 4. The molecule has 7 heteroatoms. The van der Waals surface area contributed by atoms with Gasteiger partial charge in [0, 0.05) is 17.8 Å². The second-order valence-corrected chi connectivity index (χ2v) is 7.34. The fraction of sp³-hybridized carbons (Fsp3) is 0.176. The molecule has 0 aliphatic carbocycles. The Hall–Kier alpha value is -2.67. The predicted octanol–water partition coefficient (Wildman–Crippen LogP) is 2.41. The molecular weight excluding hydrogens is 328 g/mol. The molecule has 2 amide bonds. The number of nitrogens with zero attached hydrogens (tertiary/aromatic N) is 1. The highest BCUT2D eigenvalue weighted by atomic mass is 32.2. The fourth-order valence-electron chi connectivity index (χ4n) is 2.66. The molecule has 124 valence electrons. The van der Waals surface area contributed by atoms with E-state index < -0.39 is 21.8 Å². The Morgan fingerprint density at radius 3 is 2.58 bits per heavy atom. The third kappa shape index (κ3) is 2.56. The van der Waals surface area contributed by atoms with Gasteiger partial charge in [0.05, 0.1) is 5.56 Å². The number of carbonyl (C=O) groups is 2. The van der Waals surface area contributed by atoms with Crippen molar-refractivity contribution >= 4 is 27.5 Å². The average Bonchev–Trinajstić information content (AvgIpc) is 2.73. The van der Waals surface area contributed by atoms with Gasteiger partial charge in [0.25, 0.3) is 21.8 Å². The minimum absolute atomic E-state index is 0.0562. The normalized spacial score (nSPS) is 15.2. The topological polar surface area (TPSA) is 83.6 Å². The molecule has 2 aromatic carbocycles. The summed E-state index contributed by atoms with van der Waals surface area (Å²) in [4.78, 5) is 24.3. The summed E-state index contributed by atoms with van der Waals surface area (Å²) in [7, 11) is -3.88. The van der Waals surface area contributed by atoms with Crippen molar-refractivity contribution in [3.8, 4) is 0 Å². The van der Waals surface area contributed by atoms with Crippen LogP contribution < -0.4 is 5.32 Å². The van der Waals surface area contributed by atoms with Gasteiger partial charge in [-0.05, 0) is 49.7 Å². The van der Waals surface area contributed by atoms with Gasteiger partial charge in [-0.15, -0.1) is 0 Å². The molecule has 1 heterocycles. The quantitative estimate of drug-likeness (QED) is 0.927. The lowest BCUT2D eigenvalue weighted by atomic mass is 10.1. The van der Waals surface area contributed by atoms with Crippen LogP contribution in [0.5, 0.6) is 0 Å². The molecule has 6 nitrogen and oxygen atoms in total. The summed E-state index contributed by atoms with van der Waals surface area (Å²) >= 11 is 0.